The molecule has 1 unspecified atom stereocenters. The molecule has 1 atom stereocenters. The third kappa shape index (κ3) is 2.90. The Morgan fingerprint density at radius 2 is 2.00 bits per heavy atom. The number of nitrogens with zero attached hydrogens (tertiary/aromatic N) is 2. The highest BCUT2D eigenvalue weighted by Crippen LogP contribution is 2.26. The molecule has 0 aliphatic heterocycles. The van der Waals surface area contributed by atoms with E-state index in [9.17, 15) is 4.39 Å². The van der Waals surface area contributed by atoms with Crippen molar-refractivity contribution in [2.45, 2.75) is 40.3 Å². The Morgan fingerprint density at radius 1 is 1.25 bits per heavy atom. The van der Waals surface area contributed by atoms with Crippen LogP contribution in [-0.2, 0) is 6.54 Å². The van der Waals surface area contributed by atoms with Crippen LogP contribution in [0, 0.1) is 19.7 Å². The van der Waals surface area contributed by atoms with Crippen LogP contribution < -0.4 is 5.32 Å². The molecule has 0 fully saturated rings. The predicted molar refractivity (Wildman–Crippen MR) is 79.3 cm³/mol. The van der Waals surface area contributed by atoms with Gasteiger partial charge in [-0.3, -0.25) is 4.68 Å². The Bertz CT molecular complexity index is 589. The first-order chi connectivity index (χ1) is 9.56. The monoisotopic (exact) mass is 275 g/mol. The van der Waals surface area contributed by atoms with E-state index in [0.717, 1.165) is 35.6 Å². The minimum absolute atomic E-state index is 0.0307. The van der Waals surface area contributed by atoms with E-state index in [1.54, 1.807) is 6.07 Å². The van der Waals surface area contributed by atoms with E-state index in [1.165, 1.54) is 6.07 Å². The van der Waals surface area contributed by atoms with Gasteiger partial charge in [0.2, 0.25) is 0 Å². The SMILES string of the molecule is CCNC(c1cc(F)ccc1C)c1cc(C)nn1CC. The van der Waals surface area contributed by atoms with Crippen LogP contribution in [0.1, 0.15) is 42.4 Å². The molecule has 0 aliphatic carbocycles. The molecular formula is C16H22FN3. The van der Waals surface area contributed by atoms with Crippen LogP contribution in [0.3, 0.4) is 0 Å². The second-order valence-corrected chi connectivity index (χ2v) is 5.02. The van der Waals surface area contributed by atoms with Crippen LogP contribution in [-0.4, -0.2) is 16.3 Å². The van der Waals surface area contributed by atoms with Crippen LogP contribution in [0.25, 0.3) is 0 Å². The summed E-state index contributed by atoms with van der Waals surface area (Å²) in [5, 5.41) is 7.94. The Labute approximate surface area is 119 Å². The molecule has 1 heterocycles. The largest absolute Gasteiger partial charge is 0.305 e. The first-order valence-corrected chi connectivity index (χ1v) is 7.10. The van der Waals surface area contributed by atoms with Gasteiger partial charge in [0.1, 0.15) is 5.82 Å². The van der Waals surface area contributed by atoms with Crippen LogP contribution in [0.15, 0.2) is 24.3 Å². The molecule has 0 saturated heterocycles. The molecule has 0 bridgehead atoms. The Kier molecular flexibility index (Phi) is 4.55. The fourth-order valence-electron chi connectivity index (χ4n) is 2.55. The van der Waals surface area contributed by atoms with E-state index in [-0.39, 0.29) is 11.9 Å². The predicted octanol–water partition coefficient (Wildman–Crippen LogP) is 3.36. The number of nitrogens with one attached hydrogen (secondary N) is 1. The van der Waals surface area contributed by atoms with Crippen molar-refractivity contribution in [2.75, 3.05) is 6.54 Å². The summed E-state index contributed by atoms with van der Waals surface area (Å²) in [7, 11) is 0. The summed E-state index contributed by atoms with van der Waals surface area (Å²) in [5.74, 6) is -0.201. The lowest BCUT2D eigenvalue weighted by molar-refractivity contribution is 0.535. The molecule has 0 spiro atoms. The van der Waals surface area contributed by atoms with E-state index >= 15 is 0 Å². The van der Waals surface area contributed by atoms with E-state index in [1.807, 2.05) is 24.6 Å². The van der Waals surface area contributed by atoms with Crippen molar-refractivity contribution in [1.82, 2.24) is 15.1 Å². The van der Waals surface area contributed by atoms with E-state index in [4.69, 9.17) is 0 Å². The van der Waals surface area contributed by atoms with E-state index in [0.29, 0.717) is 0 Å². The van der Waals surface area contributed by atoms with Gasteiger partial charge in [-0.05, 0) is 56.6 Å². The highest BCUT2D eigenvalue weighted by atomic mass is 19.1. The lowest BCUT2D eigenvalue weighted by Crippen LogP contribution is -2.25. The van der Waals surface area contributed by atoms with Crippen LogP contribution >= 0.6 is 0 Å². The van der Waals surface area contributed by atoms with Gasteiger partial charge in [-0.15, -0.1) is 0 Å². The van der Waals surface area contributed by atoms with Gasteiger partial charge < -0.3 is 5.32 Å². The average Bonchev–Trinajstić information content (AvgIpc) is 2.80. The van der Waals surface area contributed by atoms with Crippen molar-refractivity contribution in [2.24, 2.45) is 0 Å². The third-order valence-corrected chi connectivity index (χ3v) is 3.49. The van der Waals surface area contributed by atoms with Gasteiger partial charge in [-0.2, -0.15) is 5.10 Å². The summed E-state index contributed by atoms with van der Waals surface area (Å²) in [5.41, 5.74) is 4.12. The van der Waals surface area contributed by atoms with Crippen molar-refractivity contribution in [1.29, 1.82) is 0 Å². The number of halogens is 1. The molecule has 0 radical (unpaired) electrons. The lowest BCUT2D eigenvalue weighted by atomic mass is 9.98. The molecule has 108 valence electrons. The molecule has 0 aliphatic rings. The minimum atomic E-state index is -0.201. The van der Waals surface area contributed by atoms with E-state index in [2.05, 4.69) is 30.3 Å². The molecule has 1 aromatic carbocycles. The van der Waals surface area contributed by atoms with Gasteiger partial charge in [0.05, 0.1) is 17.4 Å². The molecule has 20 heavy (non-hydrogen) atoms. The quantitative estimate of drug-likeness (QED) is 0.907. The standard InChI is InChI=1S/C16H22FN3/c1-5-18-16(14-10-13(17)8-7-11(14)3)15-9-12(4)19-20(15)6-2/h7-10,16,18H,5-6H2,1-4H3. The van der Waals surface area contributed by atoms with Crippen molar-refractivity contribution >= 4 is 0 Å². The van der Waals surface area contributed by atoms with Crippen molar-refractivity contribution in [3.63, 3.8) is 0 Å². The fourth-order valence-corrected chi connectivity index (χ4v) is 2.55. The number of rotatable bonds is 5. The second-order valence-electron chi connectivity index (χ2n) is 5.02. The number of aryl methyl sites for hydroxylation is 3. The summed E-state index contributed by atoms with van der Waals surface area (Å²) in [4.78, 5) is 0. The summed E-state index contributed by atoms with van der Waals surface area (Å²) in [6.07, 6.45) is 0. The smallest absolute Gasteiger partial charge is 0.123 e. The molecule has 2 rings (SSSR count). The first kappa shape index (κ1) is 14.7. The van der Waals surface area contributed by atoms with Crippen LogP contribution in [0.5, 0.6) is 0 Å². The first-order valence-electron chi connectivity index (χ1n) is 7.10. The van der Waals surface area contributed by atoms with Crippen LogP contribution in [0.4, 0.5) is 4.39 Å². The highest BCUT2D eigenvalue weighted by Gasteiger charge is 2.20. The summed E-state index contributed by atoms with van der Waals surface area (Å²) < 4.78 is 15.6. The molecular weight excluding hydrogens is 253 g/mol. The van der Waals surface area contributed by atoms with Crippen LogP contribution in [0.2, 0.25) is 0 Å². The van der Waals surface area contributed by atoms with Crippen molar-refractivity contribution in [3.8, 4) is 0 Å². The van der Waals surface area contributed by atoms with Gasteiger partial charge in [0, 0.05) is 6.54 Å². The maximum atomic E-state index is 13.6. The zero-order valence-electron chi connectivity index (χ0n) is 12.6. The molecule has 1 N–H and O–H groups in total. The summed E-state index contributed by atoms with van der Waals surface area (Å²) in [6, 6.07) is 6.99. The normalized spacial score (nSPS) is 12.7. The Morgan fingerprint density at radius 3 is 2.65 bits per heavy atom. The van der Waals surface area contributed by atoms with Gasteiger partial charge in [0.15, 0.2) is 0 Å². The van der Waals surface area contributed by atoms with Gasteiger partial charge >= 0.3 is 0 Å². The second kappa shape index (κ2) is 6.18. The number of benzene rings is 1. The summed E-state index contributed by atoms with van der Waals surface area (Å²) in [6.45, 7) is 9.74. The molecule has 0 saturated carbocycles. The molecule has 0 amide bonds. The molecule has 3 nitrogen and oxygen atoms in total. The zero-order chi connectivity index (χ0) is 14.7. The maximum absolute atomic E-state index is 13.6. The Hall–Kier alpha value is -1.68. The molecule has 1 aromatic heterocycles. The molecule has 2 aromatic rings. The van der Waals surface area contributed by atoms with Crippen molar-refractivity contribution < 1.29 is 4.39 Å². The third-order valence-electron chi connectivity index (χ3n) is 3.49. The van der Waals surface area contributed by atoms with Gasteiger partial charge in [-0.1, -0.05) is 13.0 Å². The van der Waals surface area contributed by atoms with Gasteiger partial charge in [0.25, 0.3) is 0 Å². The average molecular weight is 275 g/mol. The van der Waals surface area contributed by atoms with E-state index < -0.39 is 0 Å². The highest BCUT2D eigenvalue weighted by molar-refractivity contribution is 5.35. The number of aromatic nitrogens is 2. The summed E-state index contributed by atoms with van der Waals surface area (Å²) >= 11 is 0. The molecule has 4 heteroatoms. The topological polar surface area (TPSA) is 29.9 Å². The number of hydrogen-bond donors (Lipinski definition) is 1. The minimum Gasteiger partial charge on any atom is -0.305 e. The lowest BCUT2D eigenvalue weighted by Gasteiger charge is -2.21. The number of hydrogen-bond acceptors (Lipinski definition) is 2. The zero-order valence-corrected chi connectivity index (χ0v) is 12.6. The van der Waals surface area contributed by atoms with Crippen molar-refractivity contribution in [3.05, 3.63) is 52.6 Å². The van der Waals surface area contributed by atoms with Gasteiger partial charge in [-0.25, -0.2) is 4.39 Å². The Balaban J connectivity index is 2.52. The maximum Gasteiger partial charge on any atom is 0.123 e. The fraction of sp³-hybridized carbons (Fsp3) is 0.438.